The van der Waals surface area contributed by atoms with Gasteiger partial charge in [0, 0.05) is 11.1 Å². The molecule has 2 rings (SSSR count). The fourth-order valence-electron chi connectivity index (χ4n) is 1.42. The van der Waals surface area contributed by atoms with Crippen LogP contribution in [0.25, 0.3) is 0 Å². The number of pyridine rings is 1. The molecule has 0 saturated carbocycles. The van der Waals surface area contributed by atoms with Crippen molar-refractivity contribution in [3.05, 3.63) is 51.5 Å². The largest absolute Gasteiger partial charge is 0.382 e. The fraction of sp³-hybridized carbons (Fsp3) is 0.250. The molecule has 1 atom stereocenters. The van der Waals surface area contributed by atoms with Gasteiger partial charge in [-0.1, -0.05) is 6.07 Å². The Labute approximate surface area is 93.2 Å². The number of aryl methyl sites for hydroxylation is 2. The van der Waals surface area contributed by atoms with Gasteiger partial charge in [0.1, 0.15) is 6.10 Å². The topological polar surface area (TPSA) is 33.1 Å². The quantitative estimate of drug-likeness (QED) is 0.842. The van der Waals surface area contributed by atoms with Crippen LogP contribution in [0.1, 0.15) is 27.8 Å². The number of hydrogen-bond acceptors (Lipinski definition) is 3. The molecule has 0 aliphatic heterocycles. The number of aliphatic hydroxyl groups is 1. The van der Waals surface area contributed by atoms with E-state index in [1.165, 1.54) is 4.88 Å². The molecule has 0 aliphatic carbocycles. The number of thiophene rings is 1. The third-order valence-electron chi connectivity index (χ3n) is 2.28. The molecule has 0 fully saturated rings. The normalized spacial score (nSPS) is 12.7. The van der Waals surface area contributed by atoms with Crippen LogP contribution in [0.2, 0.25) is 0 Å². The lowest BCUT2D eigenvalue weighted by molar-refractivity contribution is 0.216. The first-order chi connectivity index (χ1) is 7.16. The first-order valence-corrected chi connectivity index (χ1v) is 5.70. The van der Waals surface area contributed by atoms with Crippen molar-refractivity contribution in [3.63, 3.8) is 0 Å². The van der Waals surface area contributed by atoms with E-state index in [1.54, 1.807) is 17.5 Å². The lowest BCUT2D eigenvalue weighted by atomic mass is 10.1. The van der Waals surface area contributed by atoms with Gasteiger partial charge in [-0.15, -0.1) is 11.3 Å². The number of aromatic nitrogens is 1. The smallest absolute Gasteiger partial charge is 0.122 e. The Morgan fingerprint density at radius 2 is 2.13 bits per heavy atom. The second-order valence-electron chi connectivity index (χ2n) is 3.65. The Morgan fingerprint density at radius 3 is 2.67 bits per heavy atom. The van der Waals surface area contributed by atoms with Crippen LogP contribution in [0.5, 0.6) is 0 Å². The number of hydrogen-bond donors (Lipinski definition) is 1. The summed E-state index contributed by atoms with van der Waals surface area (Å²) in [7, 11) is 0. The van der Waals surface area contributed by atoms with Gasteiger partial charge < -0.3 is 5.11 Å². The average molecular weight is 219 g/mol. The predicted molar refractivity (Wildman–Crippen MR) is 62.1 cm³/mol. The summed E-state index contributed by atoms with van der Waals surface area (Å²) in [6.07, 6.45) is 1.17. The van der Waals surface area contributed by atoms with Crippen molar-refractivity contribution in [1.82, 2.24) is 4.98 Å². The number of aliphatic hydroxyl groups excluding tert-OH is 1. The van der Waals surface area contributed by atoms with Crippen molar-refractivity contribution in [2.24, 2.45) is 0 Å². The zero-order valence-electron chi connectivity index (χ0n) is 8.77. The molecule has 15 heavy (non-hydrogen) atoms. The second-order valence-corrected chi connectivity index (χ2v) is 4.77. The van der Waals surface area contributed by atoms with Crippen LogP contribution in [-0.4, -0.2) is 10.1 Å². The van der Waals surface area contributed by atoms with Crippen molar-refractivity contribution in [3.8, 4) is 0 Å². The lowest BCUT2D eigenvalue weighted by Gasteiger charge is -2.07. The highest BCUT2D eigenvalue weighted by Crippen LogP contribution is 2.24. The molecule has 3 heteroatoms. The summed E-state index contributed by atoms with van der Waals surface area (Å²) in [5.74, 6) is 0. The number of nitrogens with zero attached hydrogens (tertiary/aromatic N) is 1. The Balaban J connectivity index is 2.28. The molecule has 2 aromatic rings. The summed E-state index contributed by atoms with van der Waals surface area (Å²) in [4.78, 5) is 5.42. The van der Waals surface area contributed by atoms with Gasteiger partial charge in [0.2, 0.25) is 0 Å². The minimum atomic E-state index is -0.601. The fourth-order valence-corrected chi connectivity index (χ4v) is 2.14. The van der Waals surface area contributed by atoms with E-state index in [0.29, 0.717) is 5.69 Å². The van der Waals surface area contributed by atoms with Gasteiger partial charge in [-0.05, 0) is 42.5 Å². The average Bonchev–Trinajstić information content (AvgIpc) is 2.65. The molecule has 2 heterocycles. The molecule has 0 radical (unpaired) electrons. The lowest BCUT2D eigenvalue weighted by Crippen LogP contribution is -2.00. The Kier molecular flexibility index (Phi) is 2.84. The molecule has 0 amide bonds. The maximum absolute atomic E-state index is 10.0. The zero-order chi connectivity index (χ0) is 10.8. The van der Waals surface area contributed by atoms with Gasteiger partial charge in [-0.2, -0.15) is 0 Å². The molecule has 0 bridgehead atoms. The van der Waals surface area contributed by atoms with Gasteiger partial charge in [0.05, 0.1) is 5.69 Å². The summed E-state index contributed by atoms with van der Waals surface area (Å²) in [6, 6.07) is 5.83. The summed E-state index contributed by atoms with van der Waals surface area (Å²) in [5.41, 5.74) is 2.74. The van der Waals surface area contributed by atoms with Crippen molar-refractivity contribution in [2.45, 2.75) is 20.0 Å². The van der Waals surface area contributed by atoms with Gasteiger partial charge in [0.15, 0.2) is 0 Å². The maximum atomic E-state index is 10.0. The summed E-state index contributed by atoms with van der Waals surface area (Å²) in [6.45, 7) is 4.02. The molecule has 1 unspecified atom stereocenters. The molecule has 1 N–H and O–H groups in total. The molecular formula is C12H13NOS. The van der Waals surface area contributed by atoms with Gasteiger partial charge in [-0.25, -0.2) is 0 Å². The first kappa shape index (κ1) is 10.3. The monoisotopic (exact) mass is 219 g/mol. The third-order valence-corrected chi connectivity index (χ3v) is 3.16. The molecule has 0 aliphatic rings. The highest BCUT2D eigenvalue weighted by Gasteiger charge is 2.12. The van der Waals surface area contributed by atoms with Crippen LogP contribution in [0, 0.1) is 13.8 Å². The van der Waals surface area contributed by atoms with Crippen molar-refractivity contribution in [2.75, 3.05) is 0 Å². The van der Waals surface area contributed by atoms with Crippen molar-refractivity contribution < 1.29 is 5.11 Å². The van der Waals surface area contributed by atoms with Crippen LogP contribution in [-0.2, 0) is 0 Å². The minimum absolute atomic E-state index is 0.601. The highest BCUT2D eigenvalue weighted by atomic mass is 32.1. The summed E-state index contributed by atoms with van der Waals surface area (Å²) < 4.78 is 0. The molecule has 0 aromatic carbocycles. The van der Waals surface area contributed by atoms with E-state index in [1.807, 2.05) is 37.4 Å². The van der Waals surface area contributed by atoms with Gasteiger partial charge >= 0.3 is 0 Å². The van der Waals surface area contributed by atoms with Gasteiger partial charge in [-0.3, -0.25) is 4.98 Å². The molecule has 0 saturated heterocycles. The van der Waals surface area contributed by atoms with Crippen LogP contribution in [0.15, 0.2) is 29.8 Å². The van der Waals surface area contributed by atoms with Crippen LogP contribution in [0.3, 0.4) is 0 Å². The third kappa shape index (κ3) is 2.25. The van der Waals surface area contributed by atoms with Crippen molar-refractivity contribution in [1.29, 1.82) is 0 Å². The SMILES string of the molecule is Cc1ccc(C(O)c2csc(C)c2)nc1. The molecule has 2 aromatic heterocycles. The van der Waals surface area contributed by atoms with E-state index in [2.05, 4.69) is 4.98 Å². The van der Waals surface area contributed by atoms with Gasteiger partial charge in [0.25, 0.3) is 0 Å². The first-order valence-electron chi connectivity index (χ1n) is 4.82. The Morgan fingerprint density at radius 1 is 1.33 bits per heavy atom. The standard InChI is InChI=1S/C12H13NOS/c1-8-3-4-11(13-6-8)12(14)10-5-9(2)15-7-10/h3-7,12,14H,1-2H3. The molecule has 2 nitrogen and oxygen atoms in total. The van der Waals surface area contributed by atoms with Crippen LogP contribution >= 0.6 is 11.3 Å². The molecular weight excluding hydrogens is 206 g/mol. The molecule has 78 valence electrons. The summed E-state index contributed by atoms with van der Waals surface area (Å²) in [5, 5.41) is 12.0. The van der Waals surface area contributed by atoms with Crippen LogP contribution in [0.4, 0.5) is 0 Å². The second kappa shape index (κ2) is 4.13. The Bertz CT molecular complexity index is 447. The van der Waals surface area contributed by atoms with Crippen molar-refractivity contribution >= 4 is 11.3 Å². The number of rotatable bonds is 2. The predicted octanol–water partition coefficient (Wildman–Crippen LogP) is 2.84. The van der Waals surface area contributed by atoms with Crippen LogP contribution < -0.4 is 0 Å². The van der Waals surface area contributed by atoms with E-state index in [9.17, 15) is 5.11 Å². The summed E-state index contributed by atoms with van der Waals surface area (Å²) >= 11 is 1.64. The van der Waals surface area contributed by atoms with E-state index in [4.69, 9.17) is 0 Å². The molecule has 0 spiro atoms. The van der Waals surface area contributed by atoms with E-state index >= 15 is 0 Å². The zero-order valence-corrected chi connectivity index (χ0v) is 9.58. The van der Waals surface area contributed by atoms with E-state index in [-0.39, 0.29) is 0 Å². The Hall–Kier alpha value is -1.19. The maximum Gasteiger partial charge on any atom is 0.122 e. The van der Waals surface area contributed by atoms with E-state index < -0.39 is 6.10 Å². The highest BCUT2D eigenvalue weighted by molar-refractivity contribution is 7.10. The van der Waals surface area contributed by atoms with E-state index in [0.717, 1.165) is 11.1 Å². The minimum Gasteiger partial charge on any atom is -0.382 e.